The molecule has 0 saturated carbocycles. The molecule has 1 fully saturated rings. The highest BCUT2D eigenvalue weighted by atomic mass is 19.1. The van der Waals surface area contributed by atoms with Gasteiger partial charge in [0, 0.05) is 13.1 Å². The highest BCUT2D eigenvalue weighted by Gasteiger charge is 2.24. The van der Waals surface area contributed by atoms with Gasteiger partial charge in [-0.3, -0.25) is 0 Å². The minimum absolute atomic E-state index is 0.183. The number of aliphatic carboxylic acids is 1. The van der Waals surface area contributed by atoms with Crippen LogP contribution in [0.15, 0.2) is 41.7 Å². The van der Waals surface area contributed by atoms with Crippen LogP contribution in [0.1, 0.15) is 18.4 Å². The predicted molar refractivity (Wildman–Crippen MR) is 73.2 cm³/mol. The molecule has 1 heterocycles. The lowest BCUT2D eigenvalue weighted by Crippen LogP contribution is -2.37. The summed E-state index contributed by atoms with van der Waals surface area (Å²) in [6.07, 6.45) is -0.0226. The Kier molecular flexibility index (Phi) is 4.92. The van der Waals surface area contributed by atoms with E-state index < -0.39 is 17.9 Å². The molecule has 21 heavy (non-hydrogen) atoms. The number of hydrogen-bond acceptors (Lipinski definition) is 3. The molecule has 0 aromatic heterocycles. The van der Waals surface area contributed by atoms with E-state index in [0.717, 1.165) is 5.56 Å². The van der Waals surface area contributed by atoms with Crippen LogP contribution in [0.3, 0.4) is 0 Å². The molecule has 1 N–H and O–H groups in total. The Morgan fingerprint density at radius 3 is 2.38 bits per heavy atom. The number of piperidine rings is 1. The smallest absolute Gasteiger partial charge is 0.410 e. The van der Waals surface area contributed by atoms with E-state index in [1.807, 2.05) is 30.3 Å². The first-order valence-corrected chi connectivity index (χ1v) is 6.64. The number of hydrogen-bond donors (Lipinski definition) is 1. The van der Waals surface area contributed by atoms with Crippen molar-refractivity contribution in [1.82, 2.24) is 4.90 Å². The van der Waals surface area contributed by atoms with Crippen LogP contribution < -0.4 is 0 Å². The number of nitrogens with zero attached hydrogens (tertiary/aromatic N) is 1. The number of carbonyl (C=O) groups is 2. The van der Waals surface area contributed by atoms with Crippen LogP contribution in [-0.2, 0) is 16.1 Å². The molecule has 1 aliphatic heterocycles. The zero-order valence-corrected chi connectivity index (χ0v) is 11.4. The van der Waals surface area contributed by atoms with E-state index >= 15 is 0 Å². The third-order valence-electron chi connectivity index (χ3n) is 3.33. The van der Waals surface area contributed by atoms with Gasteiger partial charge in [0.1, 0.15) is 6.61 Å². The van der Waals surface area contributed by atoms with E-state index in [2.05, 4.69) is 0 Å². The number of benzene rings is 1. The highest BCUT2D eigenvalue weighted by Crippen LogP contribution is 2.21. The molecule has 0 radical (unpaired) electrons. The summed E-state index contributed by atoms with van der Waals surface area (Å²) in [5.74, 6) is -2.66. The third kappa shape index (κ3) is 4.05. The standard InChI is InChI=1S/C15H16FNO4/c16-13(14(18)19)12-6-8-17(9-7-12)15(20)21-10-11-4-2-1-3-5-11/h1-5H,6-10H2,(H,18,19). The van der Waals surface area contributed by atoms with Gasteiger partial charge in [-0.15, -0.1) is 0 Å². The van der Waals surface area contributed by atoms with E-state index in [1.54, 1.807) is 0 Å². The number of ether oxygens (including phenoxy) is 1. The van der Waals surface area contributed by atoms with E-state index in [1.165, 1.54) is 4.90 Å². The fraction of sp³-hybridized carbons (Fsp3) is 0.333. The van der Waals surface area contributed by atoms with Crippen LogP contribution in [0.25, 0.3) is 0 Å². The number of halogens is 1. The summed E-state index contributed by atoms with van der Waals surface area (Å²) < 4.78 is 18.4. The number of likely N-dealkylation sites (tertiary alicyclic amines) is 1. The second kappa shape index (κ2) is 6.88. The molecule has 5 nitrogen and oxygen atoms in total. The summed E-state index contributed by atoms with van der Waals surface area (Å²) in [5, 5.41) is 8.58. The Labute approximate surface area is 121 Å². The Morgan fingerprint density at radius 1 is 1.19 bits per heavy atom. The van der Waals surface area contributed by atoms with Gasteiger partial charge in [-0.1, -0.05) is 30.3 Å². The Hall–Kier alpha value is -2.37. The topological polar surface area (TPSA) is 66.8 Å². The molecular formula is C15H16FNO4. The number of carbonyl (C=O) groups excluding carboxylic acids is 1. The van der Waals surface area contributed by atoms with E-state index in [0.29, 0.717) is 0 Å². The Bertz CT molecular complexity index is 546. The molecule has 0 atom stereocenters. The zero-order valence-electron chi connectivity index (χ0n) is 11.4. The second-order valence-electron chi connectivity index (χ2n) is 4.75. The monoisotopic (exact) mass is 293 g/mol. The van der Waals surface area contributed by atoms with Gasteiger partial charge >= 0.3 is 12.1 Å². The predicted octanol–water partition coefficient (Wildman–Crippen LogP) is 2.73. The van der Waals surface area contributed by atoms with Crippen molar-refractivity contribution in [2.45, 2.75) is 19.4 Å². The normalized spacial score (nSPS) is 14.7. The summed E-state index contributed by atoms with van der Waals surface area (Å²) in [6, 6.07) is 9.30. The van der Waals surface area contributed by atoms with Crippen LogP contribution in [0, 0.1) is 0 Å². The summed E-state index contributed by atoms with van der Waals surface area (Å²) in [6.45, 7) is 0.718. The lowest BCUT2D eigenvalue weighted by molar-refractivity contribution is -0.134. The fourth-order valence-corrected chi connectivity index (χ4v) is 2.14. The van der Waals surface area contributed by atoms with Crippen molar-refractivity contribution in [1.29, 1.82) is 0 Å². The maximum Gasteiger partial charge on any atom is 0.410 e. The molecule has 0 unspecified atom stereocenters. The lowest BCUT2D eigenvalue weighted by Gasteiger charge is -2.27. The maximum atomic E-state index is 13.3. The van der Waals surface area contributed by atoms with E-state index in [9.17, 15) is 14.0 Å². The van der Waals surface area contributed by atoms with Crippen LogP contribution in [-0.4, -0.2) is 35.2 Å². The lowest BCUT2D eigenvalue weighted by atomic mass is 10.0. The molecule has 0 spiro atoms. The summed E-state index contributed by atoms with van der Waals surface area (Å²) in [7, 11) is 0. The third-order valence-corrected chi connectivity index (χ3v) is 3.33. The van der Waals surface area contributed by atoms with Crippen molar-refractivity contribution < 1.29 is 23.8 Å². The molecule has 1 aromatic rings. The first kappa shape index (κ1) is 15.0. The second-order valence-corrected chi connectivity index (χ2v) is 4.75. The molecule has 0 aliphatic carbocycles. The van der Waals surface area contributed by atoms with Crippen molar-refractivity contribution in [3.8, 4) is 0 Å². The SMILES string of the molecule is O=C(O)C(F)=C1CCN(C(=O)OCc2ccccc2)CC1. The van der Waals surface area contributed by atoms with Crippen molar-refractivity contribution in [3.63, 3.8) is 0 Å². The van der Waals surface area contributed by atoms with Crippen LogP contribution in [0.2, 0.25) is 0 Å². The van der Waals surface area contributed by atoms with Crippen molar-refractivity contribution in [2.24, 2.45) is 0 Å². The van der Waals surface area contributed by atoms with Gasteiger partial charge in [-0.2, -0.15) is 4.39 Å². The minimum atomic E-state index is -1.55. The van der Waals surface area contributed by atoms with Gasteiger partial charge in [-0.05, 0) is 24.0 Å². The zero-order chi connectivity index (χ0) is 15.2. The minimum Gasteiger partial charge on any atom is -0.476 e. The molecule has 1 saturated heterocycles. The first-order chi connectivity index (χ1) is 10.1. The van der Waals surface area contributed by atoms with E-state index in [4.69, 9.17) is 9.84 Å². The molecular weight excluding hydrogens is 277 g/mol. The van der Waals surface area contributed by atoms with Crippen LogP contribution in [0.5, 0.6) is 0 Å². The number of amides is 1. The van der Waals surface area contributed by atoms with Crippen LogP contribution in [0.4, 0.5) is 9.18 Å². The number of rotatable bonds is 3. The molecule has 1 aromatic carbocycles. The molecule has 112 valence electrons. The van der Waals surface area contributed by atoms with Crippen molar-refractivity contribution in [3.05, 3.63) is 47.3 Å². The average Bonchev–Trinajstić information content (AvgIpc) is 2.53. The summed E-state index contributed by atoms with van der Waals surface area (Å²) >= 11 is 0. The van der Waals surface area contributed by atoms with Crippen molar-refractivity contribution >= 4 is 12.1 Å². The summed E-state index contributed by atoms with van der Waals surface area (Å²) in [4.78, 5) is 23.9. The highest BCUT2D eigenvalue weighted by molar-refractivity contribution is 5.85. The molecule has 6 heteroatoms. The quantitative estimate of drug-likeness (QED) is 0.870. The maximum absolute atomic E-state index is 13.3. The van der Waals surface area contributed by atoms with Gasteiger partial charge in [0.25, 0.3) is 0 Å². The summed E-state index contributed by atoms with van der Waals surface area (Å²) in [5.41, 5.74) is 1.13. The average molecular weight is 293 g/mol. The molecule has 1 amide bonds. The molecule has 0 bridgehead atoms. The van der Waals surface area contributed by atoms with Gasteiger partial charge in [0.15, 0.2) is 0 Å². The Balaban J connectivity index is 1.83. The molecule has 1 aliphatic rings. The largest absolute Gasteiger partial charge is 0.476 e. The van der Waals surface area contributed by atoms with Gasteiger partial charge in [-0.25, -0.2) is 9.59 Å². The van der Waals surface area contributed by atoms with Gasteiger partial charge in [0.05, 0.1) is 0 Å². The van der Waals surface area contributed by atoms with Crippen LogP contribution >= 0.6 is 0 Å². The fourth-order valence-electron chi connectivity index (χ4n) is 2.14. The first-order valence-electron chi connectivity index (χ1n) is 6.64. The number of carboxylic acid groups (broad SMARTS) is 1. The Morgan fingerprint density at radius 2 is 1.81 bits per heavy atom. The van der Waals surface area contributed by atoms with E-state index in [-0.39, 0.29) is 38.1 Å². The van der Waals surface area contributed by atoms with Crippen molar-refractivity contribution in [2.75, 3.05) is 13.1 Å². The van der Waals surface area contributed by atoms with Gasteiger partial charge < -0.3 is 14.7 Å². The molecule has 2 rings (SSSR count). The number of carboxylic acids is 1. The van der Waals surface area contributed by atoms with Gasteiger partial charge in [0.2, 0.25) is 5.83 Å².